The van der Waals surface area contributed by atoms with Gasteiger partial charge >= 0.3 is 0 Å². The number of furan rings is 1. The molecule has 0 saturated carbocycles. The Morgan fingerprint density at radius 3 is 3.00 bits per heavy atom. The molecule has 74 valence electrons. The fraction of sp³-hybridized carbons (Fsp3) is 0.556. The van der Waals surface area contributed by atoms with Gasteiger partial charge in [0.15, 0.2) is 5.22 Å². The second-order valence-corrected chi connectivity index (χ2v) is 4.19. The van der Waals surface area contributed by atoms with Crippen molar-refractivity contribution in [3.05, 3.63) is 23.1 Å². The number of halogens is 1. The Morgan fingerprint density at radius 2 is 2.38 bits per heavy atom. The number of rotatable bonds is 6. The summed E-state index contributed by atoms with van der Waals surface area (Å²) in [5.41, 5.74) is 0. The van der Waals surface area contributed by atoms with Gasteiger partial charge in [-0.15, -0.1) is 0 Å². The number of nitrogens with one attached hydrogen (secondary N) is 1. The van der Waals surface area contributed by atoms with Crippen LogP contribution in [-0.4, -0.2) is 19.3 Å². The standard InChI is InChI=1S/C9H14ClNOS/c1-11-5-2-6-13-7-8-3-4-9(10)12-8/h3-4,11H,2,5-7H2,1H3. The zero-order chi connectivity index (χ0) is 9.52. The highest BCUT2D eigenvalue weighted by Crippen LogP contribution is 2.18. The molecule has 0 bridgehead atoms. The highest BCUT2D eigenvalue weighted by Gasteiger charge is 1.98. The van der Waals surface area contributed by atoms with Crippen molar-refractivity contribution in [2.45, 2.75) is 12.2 Å². The van der Waals surface area contributed by atoms with Gasteiger partial charge in [-0.1, -0.05) is 0 Å². The topological polar surface area (TPSA) is 25.2 Å². The lowest BCUT2D eigenvalue weighted by Crippen LogP contribution is -2.08. The summed E-state index contributed by atoms with van der Waals surface area (Å²) in [5, 5.41) is 3.59. The average molecular weight is 220 g/mol. The monoisotopic (exact) mass is 219 g/mol. The maximum absolute atomic E-state index is 5.64. The Balaban J connectivity index is 2.06. The van der Waals surface area contributed by atoms with Crippen LogP contribution < -0.4 is 5.32 Å². The van der Waals surface area contributed by atoms with E-state index >= 15 is 0 Å². The van der Waals surface area contributed by atoms with Crippen LogP contribution in [0.5, 0.6) is 0 Å². The first kappa shape index (κ1) is 11.0. The van der Waals surface area contributed by atoms with E-state index in [1.807, 2.05) is 24.9 Å². The molecule has 1 aromatic heterocycles. The van der Waals surface area contributed by atoms with E-state index in [4.69, 9.17) is 16.0 Å². The quantitative estimate of drug-likeness (QED) is 0.745. The van der Waals surface area contributed by atoms with Gasteiger partial charge in [-0.05, 0) is 49.5 Å². The molecule has 1 N–H and O–H groups in total. The average Bonchev–Trinajstić information content (AvgIpc) is 2.51. The van der Waals surface area contributed by atoms with E-state index in [2.05, 4.69) is 5.32 Å². The van der Waals surface area contributed by atoms with Gasteiger partial charge in [-0.2, -0.15) is 11.8 Å². The van der Waals surface area contributed by atoms with Gasteiger partial charge in [0, 0.05) is 0 Å². The SMILES string of the molecule is CNCCCSCc1ccc(Cl)o1. The molecule has 13 heavy (non-hydrogen) atoms. The summed E-state index contributed by atoms with van der Waals surface area (Å²) in [4.78, 5) is 0. The zero-order valence-electron chi connectivity index (χ0n) is 7.68. The van der Waals surface area contributed by atoms with E-state index in [9.17, 15) is 0 Å². The molecule has 0 radical (unpaired) electrons. The highest BCUT2D eigenvalue weighted by molar-refractivity contribution is 7.98. The normalized spacial score (nSPS) is 10.6. The van der Waals surface area contributed by atoms with Crippen LogP contribution in [0.1, 0.15) is 12.2 Å². The van der Waals surface area contributed by atoms with Crippen molar-refractivity contribution in [3.8, 4) is 0 Å². The predicted octanol–water partition coefficient (Wildman–Crippen LogP) is 2.78. The van der Waals surface area contributed by atoms with Gasteiger partial charge in [-0.25, -0.2) is 0 Å². The van der Waals surface area contributed by atoms with Crippen LogP contribution in [0.25, 0.3) is 0 Å². The maximum Gasteiger partial charge on any atom is 0.193 e. The van der Waals surface area contributed by atoms with E-state index in [1.165, 1.54) is 6.42 Å². The molecule has 0 aliphatic heterocycles. The Bertz CT molecular complexity index is 239. The first-order chi connectivity index (χ1) is 6.33. The molecular formula is C9H14ClNOS. The summed E-state index contributed by atoms with van der Waals surface area (Å²) >= 11 is 7.50. The predicted molar refractivity (Wildman–Crippen MR) is 58.4 cm³/mol. The lowest BCUT2D eigenvalue weighted by molar-refractivity contribution is 0.532. The molecule has 1 heterocycles. The molecule has 0 aliphatic rings. The van der Waals surface area contributed by atoms with Gasteiger partial charge < -0.3 is 9.73 Å². The van der Waals surface area contributed by atoms with Gasteiger partial charge in [-0.3, -0.25) is 0 Å². The van der Waals surface area contributed by atoms with Crippen LogP contribution in [0.15, 0.2) is 16.5 Å². The molecule has 0 atom stereocenters. The fourth-order valence-electron chi connectivity index (χ4n) is 0.953. The van der Waals surface area contributed by atoms with Crippen LogP contribution in [0.4, 0.5) is 0 Å². The van der Waals surface area contributed by atoms with Gasteiger partial charge in [0.25, 0.3) is 0 Å². The molecule has 0 aromatic carbocycles. The van der Waals surface area contributed by atoms with Crippen molar-refractivity contribution < 1.29 is 4.42 Å². The van der Waals surface area contributed by atoms with Crippen molar-refractivity contribution in [1.29, 1.82) is 0 Å². The second-order valence-electron chi connectivity index (χ2n) is 2.72. The summed E-state index contributed by atoms with van der Waals surface area (Å²) < 4.78 is 5.22. The van der Waals surface area contributed by atoms with Crippen molar-refractivity contribution in [2.75, 3.05) is 19.3 Å². The van der Waals surface area contributed by atoms with E-state index in [0.717, 1.165) is 23.8 Å². The molecule has 0 amide bonds. The van der Waals surface area contributed by atoms with Crippen LogP contribution in [0.2, 0.25) is 5.22 Å². The Morgan fingerprint density at radius 1 is 1.54 bits per heavy atom. The lowest BCUT2D eigenvalue weighted by Gasteiger charge is -1.98. The van der Waals surface area contributed by atoms with E-state index in [-0.39, 0.29) is 0 Å². The van der Waals surface area contributed by atoms with Crippen molar-refractivity contribution in [2.24, 2.45) is 0 Å². The molecule has 0 unspecified atom stereocenters. The lowest BCUT2D eigenvalue weighted by atomic mass is 10.5. The minimum Gasteiger partial charge on any atom is -0.449 e. The smallest absolute Gasteiger partial charge is 0.193 e. The minimum atomic E-state index is 0.478. The molecule has 2 nitrogen and oxygen atoms in total. The summed E-state index contributed by atoms with van der Waals surface area (Å²) in [6, 6.07) is 3.71. The summed E-state index contributed by atoms with van der Waals surface area (Å²) in [5.74, 6) is 3.02. The third kappa shape index (κ3) is 4.60. The summed E-state index contributed by atoms with van der Waals surface area (Å²) in [7, 11) is 1.97. The largest absolute Gasteiger partial charge is 0.449 e. The highest BCUT2D eigenvalue weighted by atomic mass is 35.5. The molecule has 0 aliphatic carbocycles. The first-order valence-corrected chi connectivity index (χ1v) is 5.83. The van der Waals surface area contributed by atoms with Gasteiger partial charge in [0.05, 0.1) is 5.75 Å². The van der Waals surface area contributed by atoms with Crippen LogP contribution in [-0.2, 0) is 5.75 Å². The minimum absolute atomic E-state index is 0.478. The summed E-state index contributed by atoms with van der Waals surface area (Å²) in [6.45, 7) is 1.08. The molecule has 0 fully saturated rings. The molecular weight excluding hydrogens is 206 g/mol. The van der Waals surface area contributed by atoms with Crippen LogP contribution >= 0.6 is 23.4 Å². The first-order valence-electron chi connectivity index (χ1n) is 4.29. The van der Waals surface area contributed by atoms with Gasteiger partial charge in [0.2, 0.25) is 0 Å². The van der Waals surface area contributed by atoms with Gasteiger partial charge in [0.1, 0.15) is 5.76 Å². The Kier molecular flexibility index (Phi) is 5.35. The Hall–Kier alpha value is -0.120. The third-order valence-corrected chi connectivity index (χ3v) is 2.86. The fourth-order valence-corrected chi connectivity index (χ4v) is 1.96. The third-order valence-electron chi connectivity index (χ3n) is 1.59. The number of hydrogen-bond acceptors (Lipinski definition) is 3. The van der Waals surface area contributed by atoms with E-state index < -0.39 is 0 Å². The van der Waals surface area contributed by atoms with Crippen LogP contribution in [0, 0.1) is 0 Å². The van der Waals surface area contributed by atoms with E-state index in [0.29, 0.717) is 5.22 Å². The van der Waals surface area contributed by atoms with Crippen LogP contribution in [0.3, 0.4) is 0 Å². The molecule has 1 rings (SSSR count). The number of thioether (sulfide) groups is 1. The van der Waals surface area contributed by atoms with Crippen molar-refractivity contribution >= 4 is 23.4 Å². The van der Waals surface area contributed by atoms with Crippen molar-refractivity contribution in [1.82, 2.24) is 5.32 Å². The molecule has 1 aromatic rings. The van der Waals surface area contributed by atoms with Crippen molar-refractivity contribution in [3.63, 3.8) is 0 Å². The number of hydrogen-bond donors (Lipinski definition) is 1. The van der Waals surface area contributed by atoms with E-state index in [1.54, 1.807) is 6.07 Å². The zero-order valence-corrected chi connectivity index (χ0v) is 9.25. The molecule has 0 spiro atoms. The second kappa shape index (κ2) is 6.35. The summed E-state index contributed by atoms with van der Waals surface area (Å²) in [6.07, 6.45) is 1.19. The molecule has 0 saturated heterocycles. The maximum atomic E-state index is 5.64. The molecule has 4 heteroatoms. The Labute approximate surface area is 88.0 Å².